The first kappa shape index (κ1) is 65.3. The van der Waals surface area contributed by atoms with Gasteiger partial charge in [-0.15, -0.1) is 0 Å². The Labute approximate surface area is 426 Å². The van der Waals surface area contributed by atoms with Gasteiger partial charge in [-0.1, -0.05) is 234 Å². The van der Waals surface area contributed by atoms with E-state index in [1.165, 1.54) is 128 Å². The van der Waals surface area contributed by atoms with Gasteiger partial charge in [0.15, 0.2) is 6.10 Å². The number of ether oxygens (including phenoxy) is 3. The van der Waals surface area contributed by atoms with Crippen LogP contribution in [-0.4, -0.2) is 37.2 Å². The van der Waals surface area contributed by atoms with Gasteiger partial charge in [0, 0.05) is 19.3 Å². The number of allylic oxidation sites excluding steroid dienone is 16. The maximum atomic E-state index is 12.9. The van der Waals surface area contributed by atoms with Gasteiger partial charge >= 0.3 is 17.9 Å². The summed E-state index contributed by atoms with van der Waals surface area (Å²) >= 11 is 0. The van der Waals surface area contributed by atoms with Gasteiger partial charge in [-0.2, -0.15) is 0 Å². The molecule has 0 saturated heterocycles. The predicted molar refractivity (Wildman–Crippen MR) is 297 cm³/mol. The summed E-state index contributed by atoms with van der Waals surface area (Å²) in [5, 5.41) is 0. The molecule has 0 aliphatic heterocycles. The zero-order valence-corrected chi connectivity index (χ0v) is 45.0. The third-order valence-corrected chi connectivity index (χ3v) is 12.1. The molecular weight excluding hydrogens is 853 g/mol. The summed E-state index contributed by atoms with van der Waals surface area (Å²) in [5.74, 6) is -1.01. The fourth-order valence-corrected chi connectivity index (χ4v) is 7.75. The zero-order chi connectivity index (χ0) is 50.0. The highest BCUT2D eigenvalue weighted by atomic mass is 16.6. The minimum atomic E-state index is -0.817. The molecule has 0 aliphatic carbocycles. The van der Waals surface area contributed by atoms with Gasteiger partial charge in [0.05, 0.1) is 0 Å². The highest BCUT2D eigenvalue weighted by Gasteiger charge is 2.19. The molecule has 6 nitrogen and oxygen atoms in total. The van der Waals surface area contributed by atoms with Crippen molar-refractivity contribution in [2.24, 2.45) is 0 Å². The second-order valence-corrected chi connectivity index (χ2v) is 18.8. The van der Waals surface area contributed by atoms with Crippen LogP contribution in [0.25, 0.3) is 0 Å². The van der Waals surface area contributed by atoms with E-state index >= 15 is 0 Å². The lowest BCUT2D eigenvalue weighted by Gasteiger charge is -2.18. The van der Waals surface area contributed by atoms with Crippen molar-refractivity contribution in [1.82, 2.24) is 0 Å². The van der Waals surface area contributed by atoms with Crippen molar-refractivity contribution in [2.75, 3.05) is 13.2 Å². The highest BCUT2D eigenvalue weighted by Crippen LogP contribution is 2.14. The molecule has 0 aliphatic rings. The van der Waals surface area contributed by atoms with Gasteiger partial charge in [0.1, 0.15) is 13.2 Å². The van der Waals surface area contributed by atoms with Crippen LogP contribution in [0.15, 0.2) is 97.2 Å². The molecule has 6 heteroatoms. The molecule has 0 fully saturated rings. The van der Waals surface area contributed by atoms with E-state index in [0.29, 0.717) is 19.3 Å². The summed E-state index contributed by atoms with van der Waals surface area (Å²) in [6, 6.07) is 0. The molecule has 0 amide bonds. The van der Waals surface area contributed by atoms with Crippen molar-refractivity contribution in [3.63, 3.8) is 0 Å². The fourth-order valence-electron chi connectivity index (χ4n) is 7.75. The quantitative estimate of drug-likeness (QED) is 0.0262. The van der Waals surface area contributed by atoms with Gasteiger partial charge in [0.2, 0.25) is 0 Å². The molecular formula is C63H106O6. The number of unbranched alkanes of at least 4 members (excludes halogenated alkanes) is 24. The van der Waals surface area contributed by atoms with Gasteiger partial charge in [-0.3, -0.25) is 14.4 Å². The van der Waals surface area contributed by atoms with E-state index in [2.05, 4.69) is 112 Å². The first-order valence-corrected chi connectivity index (χ1v) is 28.7. The summed E-state index contributed by atoms with van der Waals surface area (Å²) in [4.78, 5) is 38.1. The number of carbonyl (C=O) groups is 3. The summed E-state index contributed by atoms with van der Waals surface area (Å²) in [6.45, 7) is 6.44. The molecule has 0 bridgehead atoms. The molecule has 0 heterocycles. The Morgan fingerprint density at radius 3 is 0.986 bits per heavy atom. The van der Waals surface area contributed by atoms with Crippen LogP contribution in [0.2, 0.25) is 0 Å². The maximum absolute atomic E-state index is 12.9. The van der Waals surface area contributed by atoms with E-state index in [9.17, 15) is 14.4 Å². The molecule has 0 radical (unpaired) electrons. The van der Waals surface area contributed by atoms with E-state index in [1.807, 2.05) is 6.08 Å². The average Bonchev–Trinajstić information content (AvgIpc) is 3.35. The Morgan fingerprint density at radius 1 is 0.304 bits per heavy atom. The minimum absolute atomic E-state index is 0.111. The number of hydrogen-bond acceptors (Lipinski definition) is 6. The molecule has 1 atom stereocenters. The molecule has 69 heavy (non-hydrogen) atoms. The van der Waals surface area contributed by atoms with Gasteiger partial charge in [-0.05, 0) is 109 Å². The molecule has 0 N–H and O–H groups in total. The van der Waals surface area contributed by atoms with Crippen molar-refractivity contribution >= 4 is 17.9 Å². The van der Waals surface area contributed by atoms with Gasteiger partial charge in [-0.25, -0.2) is 0 Å². The second-order valence-electron chi connectivity index (χ2n) is 18.8. The Balaban J connectivity index is 4.50. The van der Waals surface area contributed by atoms with Crippen molar-refractivity contribution < 1.29 is 28.6 Å². The summed E-state index contributed by atoms with van der Waals surface area (Å²) < 4.78 is 16.8. The Hall–Kier alpha value is -3.67. The standard InChI is InChI=1S/C63H106O6/c1-4-7-10-13-16-19-22-25-27-29-31-33-35-38-41-44-47-50-53-56-62(65)68-59-60(58-67-61(64)55-52-49-46-43-40-37-24-21-18-15-12-9-6-3)69-63(66)57-54-51-48-45-42-39-36-34-32-30-28-26-23-20-17-14-11-8-5-2/h7,10,16,19,25,27,30-33,37-38,40-41,47,50,60H,4-6,8-9,11-15,17-18,20-24,26,28-29,34-36,39,42-46,48-49,51-59H2,1-3H3/b10-7-,19-16-,27-25-,32-30-,33-31-,40-37-,41-38-,50-47-. The summed E-state index contributed by atoms with van der Waals surface area (Å²) in [5.41, 5.74) is 0. The van der Waals surface area contributed by atoms with Crippen LogP contribution in [0.1, 0.15) is 265 Å². The summed E-state index contributed by atoms with van der Waals surface area (Å²) in [7, 11) is 0. The first-order valence-electron chi connectivity index (χ1n) is 28.7. The monoisotopic (exact) mass is 959 g/mol. The third-order valence-electron chi connectivity index (χ3n) is 12.1. The molecule has 0 spiro atoms. The van der Waals surface area contributed by atoms with Crippen LogP contribution in [0.3, 0.4) is 0 Å². The maximum Gasteiger partial charge on any atom is 0.306 e. The average molecular weight is 960 g/mol. The van der Waals surface area contributed by atoms with Gasteiger partial charge < -0.3 is 14.2 Å². The Morgan fingerprint density at radius 2 is 0.594 bits per heavy atom. The van der Waals surface area contributed by atoms with E-state index in [-0.39, 0.29) is 37.5 Å². The molecule has 0 aromatic heterocycles. The molecule has 0 aromatic carbocycles. The largest absolute Gasteiger partial charge is 0.462 e. The topological polar surface area (TPSA) is 78.9 Å². The molecule has 0 aromatic rings. The van der Waals surface area contributed by atoms with E-state index in [0.717, 1.165) is 89.9 Å². The van der Waals surface area contributed by atoms with E-state index in [1.54, 1.807) is 0 Å². The van der Waals surface area contributed by atoms with Crippen LogP contribution in [0.5, 0.6) is 0 Å². The fraction of sp³-hybridized carbons (Fsp3) is 0.698. The van der Waals surface area contributed by atoms with Crippen LogP contribution in [0, 0.1) is 0 Å². The predicted octanol–water partition coefficient (Wildman–Crippen LogP) is 19.3. The van der Waals surface area contributed by atoms with E-state index < -0.39 is 6.10 Å². The third kappa shape index (κ3) is 55.1. The van der Waals surface area contributed by atoms with E-state index in [4.69, 9.17) is 14.2 Å². The highest BCUT2D eigenvalue weighted by molar-refractivity contribution is 5.71. The lowest BCUT2D eigenvalue weighted by atomic mass is 10.1. The smallest absolute Gasteiger partial charge is 0.306 e. The summed E-state index contributed by atoms with van der Waals surface area (Å²) in [6.07, 6.45) is 75.5. The number of esters is 3. The lowest BCUT2D eigenvalue weighted by molar-refractivity contribution is -0.166. The van der Waals surface area contributed by atoms with Crippen LogP contribution >= 0.6 is 0 Å². The SMILES string of the molecule is CC/C=C\C/C=C\C/C=C\C/C=C\C/C=C\C/C=C\CCC(=O)OCC(COC(=O)CCCCC/C=C\CCCCCCCC)OC(=O)CCCCCCCCC/C=C\CCCCCCCCCC. The lowest BCUT2D eigenvalue weighted by Crippen LogP contribution is -2.30. The van der Waals surface area contributed by atoms with Crippen LogP contribution in [-0.2, 0) is 28.6 Å². The number of carbonyl (C=O) groups excluding carboxylic acids is 3. The Bertz CT molecular complexity index is 1380. The number of rotatable bonds is 51. The van der Waals surface area contributed by atoms with Crippen molar-refractivity contribution in [3.05, 3.63) is 97.2 Å². The molecule has 0 saturated carbocycles. The van der Waals surface area contributed by atoms with Crippen molar-refractivity contribution in [1.29, 1.82) is 0 Å². The van der Waals surface area contributed by atoms with Crippen molar-refractivity contribution in [2.45, 2.75) is 271 Å². The Kier molecular flexibility index (Phi) is 53.9. The molecule has 394 valence electrons. The second kappa shape index (κ2) is 56.9. The molecule has 0 rings (SSSR count). The first-order chi connectivity index (χ1) is 34.0. The zero-order valence-electron chi connectivity index (χ0n) is 45.0. The minimum Gasteiger partial charge on any atom is -0.462 e. The van der Waals surface area contributed by atoms with Crippen molar-refractivity contribution in [3.8, 4) is 0 Å². The van der Waals surface area contributed by atoms with Gasteiger partial charge in [0.25, 0.3) is 0 Å². The van der Waals surface area contributed by atoms with Crippen LogP contribution in [0.4, 0.5) is 0 Å². The molecule has 1 unspecified atom stereocenters. The number of hydrogen-bond donors (Lipinski definition) is 0. The van der Waals surface area contributed by atoms with Crippen LogP contribution < -0.4 is 0 Å². The normalized spacial score (nSPS) is 12.8.